The second-order valence-electron chi connectivity index (χ2n) is 3.07. The minimum Gasteiger partial charge on any atom is -0.480 e. The van der Waals surface area contributed by atoms with Crippen molar-refractivity contribution in [3.05, 3.63) is 12.2 Å². The summed E-state index contributed by atoms with van der Waals surface area (Å²) >= 11 is 0. The van der Waals surface area contributed by atoms with Gasteiger partial charge in [0.05, 0.1) is 0 Å². The molecule has 1 rings (SSSR count). The van der Waals surface area contributed by atoms with Crippen molar-refractivity contribution in [1.82, 2.24) is 5.32 Å². The molecule has 0 amide bonds. The number of carboxylic acids is 2. The lowest BCUT2D eigenvalue weighted by atomic mass is 10.2. The minimum atomic E-state index is -0.935. The quantitative estimate of drug-likeness (QED) is 0.565. The first-order chi connectivity index (χ1) is 6.45. The largest absolute Gasteiger partial charge is 0.480 e. The molecule has 1 aliphatic rings. The summed E-state index contributed by atoms with van der Waals surface area (Å²) in [4.78, 5) is 19.7. The van der Waals surface area contributed by atoms with Crippen LogP contribution in [0.1, 0.15) is 19.8 Å². The van der Waals surface area contributed by atoms with Gasteiger partial charge in [-0.25, -0.2) is 4.79 Å². The molecule has 0 aliphatic carbocycles. The van der Waals surface area contributed by atoms with Gasteiger partial charge < -0.3 is 15.5 Å². The van der Waals surface area contributed by atoms with Gasteiger partial charge in [-0.2, -0.15) is 0 Å². The van der Waals surface area contributed by atoms with Gasteiger partial charge in [0.1, 0.15) is 6.04 Å². The third-order valence-corrected chi connectivity index (χ3v) is 1.72. The summed E-state index contributed by atoms with van der Waals surface area (Å²) < 4.78 is 0. The standard InChI is InChI=1S/C5H9NO2.C4H6O2/c7-5(8)4-2-1-3-6-4;1-3(2)4(5)6/h4,6H,1-3H2,(H,7,8);1H2,2H3,(H,5,6)/t4-;/m0./s1. The maximum atomic E-state index is 10.1. The summed E-state index contributed by atoms with van der Waals surface area (Å²) in [6.45, 7) is 5.46. The summed E-state index contributed by atoms with van der Waals surface area (Å²) in [5.41, 5.74) is 0.176. The zero-order valence-electron chi connectivity index (χ0n) is 8.12. The van der Waals surface area contributed by atoms with Crippen LogP contribution in [0.2, 0.25) is 0 Å². The van der Waals surface area contributed by atoms with Crippen molar-refractivity contribution in [3.63, 3.8) is 0 Å². The van der Waals surface area contributed by atoms with E-state index in [2.05, 4.69) is 11.9 Å². The maximum absolute atomic E-state index is 10.1. The lowest BCUT2D eigenvalue weighted by molar-refractivity contribution is -0.139. The molecule has 5 nitrogen and oxygen atoms in total. The molecule has 1 fully saturated rings. The highest BCUT2D eigenvalue weighted by Gasteiger charge is 2.20. The van der Waals surface area contributed by atoms with Crippen LogP contribution in [0.3, 0.4) is 0 Å². The summed E-state index contributed by atoms with van der Waals surface area (Å²) in [5, 5.41) is 19.1. The summed E-state index contributed by atoms with van der Waals surface area (Å²) in [6.07, 6.45) is 1.78. The second-order valence-corrected chi connectivity index (χ2v) is 3.07. The van der Waals surface area contributed by atoms with E-state index in [4.69, 9.17) is 10.2 Å². The summed E-state index contributed by atoms with van der Waals surface area (Å²) in [6, 6.07) is -0.269. The van der Waals surface area contributed by atoms with Crippen LogP contribution in [0.25, 0.3) is 0 Å². The normalized spacial score (nSPS) is 19.4. The van der Waals surface area contributed by atoms with E-state index in [-0.39, 0.29) is 11.6 Å². The molecule has 0 bridgehead atoms. The first kappa shape index (κ1) is 12.6. The SMILES string of the molecule is C=C(C)C(=O)O.O=C(O)[C@@H]1CCCN1. The molecule has 0 radical (unpaired) electrons. The number of nitrogens with one attached hydrogen (secondary N) is 1. The molecule has 1 saturated heterocycles. The molecule has 5 heteroatoms. The van der Waals surface area contributed by atoms with Crippen LogP contribution in [-0.2, 0) is 9.59 Å². The zero-order chi connectivity index (χ0) is 11.1. The lowest BCUT2D eigenvalue weighted by Crippen LogP contribution is -2.29. The molecule has 0 saturated carbocycles. The fourth-order valence-corrected chi connectivity index (χ4v) is 0.895. The van der Waals surface area contributed by atoms with Crippen LogP contribution in [0.4, 0.5) is 0 Å². The average Bonchev–Trinajstić information content (AvgIpc) is 2.56. The Hall–Kier alpha value is -1.36. The van der Waals surface area contributed by atoms with Crippen molar-refractivity contribution < 1.29 is 19.8 Å². The number of rotatable bonds is 2. The number of hydrogen-bond acceptors (Lipinski definition) is 3. The van der Waals surface area contributed by atoms with Crippen LogP contribution in [-0.4, -0.2) is 34.7 Å². The van der Waals surface area contributed by atoms with Crippen LogP contribution < -0.4 is 5.32 Å². The Morgan fingerprint density at radius 2 is 1.93 bits per heavy atom. The number of aliphatic carboxylic acids is 2. The average molecular weight is 201 g/mol. The van der Waals surface area contributed by atoms with E-state index in [9.17, 15) is 9.59 Å². The van der Waals surface area contributed by atoms with Crippen molar-refractivity contribution in [2.75, 3.05) is 6.54 Å². The van der Waals surface area contributed by atoms with E-state index in [1.165, 1.54) is 6.92 Å². The molecule has 1 heterocycles. The molecule has 14 heavy (non-hydrogen) atoms. The number of carbonyl (C=O) groups is 2. The van der Waals surface area contributed by atoms with Gasteiger partial charge >= 0.3 is 11.9 Å². The Bertz CT molecular complexity index is 219. The van der Waals surface area contributed by atoms with Crippen molar-refractivity contribution in [3.8, 4) is 0 Å². The Labute approximate surface area is 82.4 Å². The topological polar surface area (TPSA) is 86.6 Å². The fraction of sp³-hybridized carbons (Fsp3) is 0.556. The van der Waals surface area contributed by atoms with E-state index >= 15 is 0 Å². The number of carboxylic acid groups (broad SMARTS) is 2. The molecule has 80 valence electrons. The van der Waals surface area contributed by atoms with Crippen LogP contribution >= 0.6 is 0 Å². The smallest absolute Gasteiger partial charge is 0.330 e. The van der Waals surface area contributed by atoms with Gasteiger partial charge in [-0.1, -0.05) is 6.58 Å². The summed E-state index contributed by atoms with van der Waals surface area (Å²) in [5.74, 6) is -1.66. The highest BCUT2D eigenvalue weighted by molar-refractivity contribution is 5.84. The first-order valence-electron chi connectivity index (χ1n) is 4.30. The predicted octanol–water partition coefficient (Wildman–Crippen LogP) is 0.470. The molecule has 0 unspecified atom stereocenters. The van der Waals surface area contributed by atoms with Gasteiger partial charge in [-0.15, -0.1) is 0 Å². The first-order valence-corrected chi connectivity index (χ1v) is 4.30. The van der Waals surface area contributed by atoms with Crippen molar-refractivity contribution >= 4 is 11.9 Å². The van der Waals surface area contributed by atoms with Gasteiger partial charge in [-0.3, -0.25) is 4.79 Å². The van der Waals surface area contributed by atoms with E-state index in [1.807, 2.05) is 0 Å². The molecule has 1 atom stereocenters. The molecule has 0 aromatic carbocycles. The number of hydrogen-bond donors (Lipinski definition) is 3. The molecular weight excluding hydrogens is 186 g/mol. The van der Waals surface area contributed by atoms with E-state index < -0.39 is 11.9 Å². The van der Waals surface area contributed by atoms with Gasteiger partial charge in [-0.05, 0) is 26.3 Å². The summed E-state index contributed by atoms with van der Waals surface area (Å²) in [7, 11) is 0. The Morgan fingerprint density at radius 1 is 1.43 bits per heavy atom. The van der Waals surface area contributed by atoms with Gasteiger partial charge in [0.2, 0.25) is 0 Å². The molecule has 0 spiro atoms. The van der Waals surface area contributed by atoms with E-state index in [1.54, 1.807) is 0 Å². The van der Waals surface area contributed by atoms with Crippen molar-refractivity contribution in [1.29, 1.82) is 0 Å². The highest BCUT2D eigenvalue weighted by Crippen LogP contribution is 2.03. The predicted molar refractivity (Wildman–Crippen MR) is 51.1 cm³/mol. The third kappa shape index (κ3) is 5.31. The van der Waals surface area contributed by atoms with Crippen molar-refractivity contribution in [2.24, 2.45) is 0 Å². The third-order valence-electron chi connectivity index (χ3n) is 1.72. The van der Waals surface area contributed by atoms with Gasteiger partial charge in [0, 0.05) is 5.57 Å². The second kappa shape index (κ2) is 6.15. The molecule has 3 N–H and O–H groups in total. The zero-order valence-corrected chi connectivity index (χ0v) is 8.12. The Morgan fingerprint density at radius 3 is 2.07 bits per heavy atom. The molecule has 1 aliphatic heterocycles. The fourth-order valence-electron chi connectivity index (χ4n) is 0.895. The minimum absolute atomic E-state index is 0.176. The van der Waals surface area contributed by atoms with E-state index in [0.29, 0.717) is 0 Å². The van der Waals surface area contributed by atoms with Crippen LogP contribution in [0, 0.1) is 0 Å². The van der Waals surface area contributed by atoms with Gasteiger partial charge in [0.25, 0.3) is 0 Å². The monoisotopic (exact) mass is 201 g/mol. The maximum Gasteiger partial charge on any atom is 0.330 e. The van der Waals surface area contributed by atoms with Crippen LogP contribution in [0.5, 0.6) is 0 Å². The molecular formula is C9H15NO4. The Kier molecular flexibility index (Phi) is 5.55. The molecule has 0 aromatic rings. The molecule has 0 aromatic heterocycles. The lowest BCUT2D eigenvalue weighted by Gasteiger charge is -1.99. The highest BCUT2D eigenvalue weighted by atomic mass is 16.4. The van der Waals surface area contributed by atoms with Crippen LogP contribution in [0.15, 0.2) is 12.2 Å². The Balaban J connectivity index is 0.000000255. The van der Waals surface area contributed by atoms with Crippen molar-refractivity contribution in [2.45, 2.75) is 25.8 Å². The van der Waals surface area contributed by atoms with E-state index in [0.717, 1.165) is 19.4 Å². The van der Waals surface area contributed by atoms with Gasteiger partial charge in [0.15, 0.2) is 0 Å².